The molecule has 1 fully saturated rings. The van der Waals surface area contributed by atoms with E-state index in [9.17, 15) is 29.2 Å². The predicted octanol–water partition coefficient (Wildman–Crippen LogP) is -1.85. The second-order valence-electron chi connectivity index (χ2n) is 4.89. The molecule has 0 aliphatic carbocycles. The maximum atomic E-state index is 13.2. The van der Waals surface area contributed by atoms with Crippen molar-refractivity contribution in [3.8, 4) is 0 Å². The van der Waals surface area contributed by atoms with Gasteiger partial charge in [-0.3, -0.25) is 0 Å². The fraction of sp³-hybridized carbons (Fsp3) is 0.500. The first-order chi connectivity index (χ1) is 9.95. The van der Waals surface area contributed by atoms with Gasteiger partial charge in [0.25, 0.3) is 0 Å². The third-order valence-corrected chi connectivity index (χ3v) is 3.67. The van der Waals surface area contributed by atoms with Crippen molar-refractivity contribution in [1.29, 1.82) is 0 Å². The van der Waals surface area contributed by atoms with Crippen molar-refractivity contribution in [1.82, 2.24) is 0 Å². The predicted molar refractivity (Wildman–Crippen MR) is 67.7 cm³/mol. The molecule has 1 aromatic rings. The Hall–Kier alpha value is -1.10. The SMILES string of the molecule is OCC1(CO)OB(c2cc(F)cc(F)c2)OC1(CO)CO. The average molecular weight is 304 g/mol. The van der Waals surface area contributed by atoms with Crippen molar-refractivity contribution in [2.45, 2.75) is 11.2 Å². The minimum Gasteiger partial charge on any atom is -0.394 e. The number of hydrogen-bond acceptors (Lipinski definition) is 6. The van der Waals surface area contributed by atoms with Crippen LogP contribution in [-0.2, 0) is 9.31 Å². The molecule has 9 heteroatoms. The minimum absolute atomic E-state index is 0.0393. The summed E-state index contributed by atoms with van der Waals surface area (Å²) in [6.45, 7) is -3.06. The Bertz CT molecular complexity index is 466. The lowest BCUT2D eigenvalue weighted by Gasteiger charge is -2.39. The molecule has 2 rings (SSSR count). The summed E-state index contributed by atoms with van der Waals surface area (Å²) in [7, 11) is -1.35. The van der Waals surface area contributed by atoms with Gasteiger partial charge in [0, 0.05) is 6.07 Å². The molecule has 0 amide bonds. The van der Waals surface area contributed by atoms with Crippen LogP contribution < -0.4 is 5.46 Å². The minimum atomic E-state index is -1.80. The Kier molecular flexibility index (Phi) is 4.62. The lowest BCUT2D eigenvalue weighted by molar-refractivity contribution is -0.147. The number of benzene rings is 1. The van der Waals surface area contributed by atoms with Gasteiger partial charge in [-0.05, 0) is 17.6 Å². The summed E-state index contributed by atoms with van der Waals surface area (Å²) < 4.78 is 37.2. The third kappa shape index (κ3) is 2.56. The first kappa shape index (κ1) is 16.3. The molecular formula is C12H15BF2O6. The molecular weight excluding hydrogens is 289 g/mol. The van der Waals surface area contributed by atoms with E-state index in [1.165, 1.54) is 0 Å². The summed E-state index contributed by atoms with van der Waals surface area (Å²) in [6, 6.07) is 2.57. The maximum absolute atomic E-state index is 13.2. The molecule has 0 aromatic heterocycles. The van der Waals surface area contributed by atoms with Gasteiger partial charge in [0.05, 0.1) is 26.4 Å². The fourth-order valence-corrected chi connectivity index (χ4v) is 2.32. The van der Waals surface area contributed by atoms with E-state index in [1.807, 2.05) is 0 Å². The molecule has 0 spiro atoms. The van der Waals surface area contributed by atoms with E-state index in [0.29, 0.717) is 6.07 Å². The van der Waals surface area contributed by atoms with Crippen molar-refractivity contribution >= 4 is 12.6 Å². The number of aliphatic hydroxyl groups is 4. The summed E-state index contributed by atoms with van der Waals surface area (Å²) in [5, 5.41) is 37.8. The zero-order chi connectivity index (χ0) is 15.7. The van der Waals surface area contributed by atoms with Gasteiger partial charge < -0.3 is 29.7 Å². The molecule has 1 aromatic carbocycles. The molecule has 1 heterocycles. The van der Waals surface area contributed by atoms with E-state index in [2.05, 4.69) is 0 Å². The zero-order valence-corrected chi connectivity index (χ0v) is 11.0. The van der Waals surface area contributed by atoms with Crippen molar-refractivity contribution in [3.63, 3.8) is 0 Å². The van der Waals surface area contributed by atoms with Crippen LogP contribution in [0.25, 0.3) is 0 Å². The highest BCUT2D eigenvalue weighted by Crippen LogP contribution is 2.37. The molecule has 0 radical (unpaired) electrons. The number of rotatable bonds is 5. The highest BCUT2D eigenvalue weighted by atomic mass is 19.1. The van der Waals surface area contributed by atoms with E-state index in [4.69, 9.17) is 9.31 Å². The smallest absolute Gasteiger partial charge is 0.394 e. The first-order valence-corrected chi connectivity index (χ1v) is 6.21. The van der Waals surface area contributed by atoms with Crippen LogP contribution in [0.3, 0.4) is 0 Å². The van der Waals surface area contributed by atoms with Gasteiger partial charge in [0.15, 0.2) is 0 Å². The molecule has 0 bridgehead atoms. The summed E-state index contributed by atoms with van der Waals surface area (Å²) in [5.74, 6) is -1.72. The van der Waals surface area contributed by atoms with E-state index in [1.54, 1.807) is 0 Å². The lowest BCUT2D eigenvalue weighted by Crippen LogP contribution is -2.61. The highest BCUT2D eigenvalue weighted by Gasteiger charge is 2.62. The van der Waals surface area contributed by atoms with Crippen LogP contribution >= 0.6 is 0 Å². The number of aliphatic hydroxyl groups excluding tert-OH is 4. The van der Waals surface area contributed by atoms with E-state index < -0.39 is 56.4 Å². The number of hydrogen-bond donors (Lipinski definition) is 4. The zero-order valence-electron chi connectivity index (χ0n) is 11.0. The molecule has 116 valence electrons. The molecule has 0 atom stereocenters. The Balaban J connectivity index is 2.41. The molecule has 21 heavy (non-hydrogen) atoms. The Labute approximate surface area is 119 Å². The Morgan fingerprint density at radius 3 is 1.52 bits per heavy atom. The second kappa shape index (κ2) is 5.95. The van der Waals surface area contributed by atoms with Crippen LogP contribution in [-0.4, -0.2) is 65.2 Å². The van der Waals surface area contributed by atoms with Gasteiger partial charge in [-0.2, -0.15) is 0 Å². The monoisotopic (exact) mass is 304 g/mol. The summed E-state index contributed by atoms with van der Waals surface area (Å²) >= 11 is 0. The largest absolute Gasteiger partial charge is 0.495 e. The maximum Gasteiger partial charge on any atom is 0.495 e. The van der Waals surface area contributed by atoms with Crippen LogP contribution in [0.5, 0.6) is 0 Å². The van der Waals surface area contributed by atoms with E-state index in [-0.39, 0.29) is 5.46 Å². The molecule has 1 saturated heterocycles. The van der Waals surface area contributed by atoms with Gasteiger partial charge in [-0.15, -0.1) is 0 Å². The van der Waals surface area contributed by atoms with Gasteiger partial charge in [0.1, 0.15) is 22.8 Å². The first-order valence-electron chi connectivity index (χ1n) is 6.21. The van der Waals surface area contributed by atoms with Gasteiger partial charge >= 0.3 is 7.12 Å². The second-order valence-corrected chi connectivity index (χ2v) is 4.89. The van der Waals surface area contributed by atoms with Gasteiger partial charge in [0.2, 0.25) is 0 Å². The van der Waals surface area contributed by atoms with Crippen molar-refractivity contribution in [2.24, 2.45) is 0 Å². The lowest BCUT2D eigenvalue weighted by atomic mass is 9.79. The molecule has 1 aliphatic heterocycles. The highest BCUT2D eigenvalue weighted by molar-refractivity contribution is 6.62. The van der Waals surface area contributed by atoms with Crippen molar-refractivity contribution < 1.29 is 38.5 Å². The Morgan fingerprint density at radius 1 is 0.810 bits per heavy atom. The van der Waals surface area contributed by atoms with Crippen LogP contribution in [0.4, 0.5) is 8.78 Å². The fourth-order valence-electron chi connectivity index (χ4n) is 2.32. The van der Waals surface area contributed by atoms with Crippen molar-refractivity contribution in [2.75, 3.05) is 26.4 Å². The molecule has 1 aliphatic rings. The van der Waals surface area contributed by atoms with Gasteiger partial charge in [-0.1, -0.05) is 0 Å². The van der Waals surface area contributed by atoms with Crippen LogP contribution in [0.2, 0.25) is 0 Å². The molecule has 0 unspecified atom stereocenters. The third-order valence-electron chi connectivity index (χ3n) is 3.67. The summed E-state index contributed by atoms with van der Waals surface area (Å²) in [4.78, 5) is 0. The average Bonchev–Trinajstić information content (AvgIpc) is 2.82. The molecule has 0 saturated carbocycles. The van der Waals surface area contributed by atoms with Gasteiger partial charge in [-0.25, -0.2) is 8.78 Å². The van der Waals surface area contributed by atoms with E-state index in [0.717, 1.165) is 12.1 Å². The molecule has 6 nitrogen and oxygen atoms in total. The van der Waals surface area contributed by atoms with Crippen LogP contribution in [0.1, 0.15) is 0 Å². The summed E-state index contributed by atoms with van der Waals surface area (Å²) in [5.41, 5.74) is -3.64. The van der Waals surface area contributed by atoms with Crippen molar-refractivity contribution in [3.05, 3.63) is 29.8 Å². The quantitative estimate of drug-likeness (QED) is 0.477. The summed E-state index contributed by atoms with van der Waals surface area (Å²) in [6.07, 6.45) is 0. The normalized spacial score (nSPS) is 20.0. The Morgan fingerprint density at radius 2 is 1.19 bits per heavy atom. The molecule has 4 N–H and O–H groups in total. The topological polar surface area (TPSA) is 99.4 Å². The van der Waals surface area contributed by atoms with E-state index >= 15 is 0 Å². The van der Waals surface area contributed by atoms with Crippen LogP contribution in [0, 0.1) is 11.6 Å². The van der Waals surface area contributed by atoms with Crippen LogP contribution in [0.15, 0.2) is 18.2 Å². The number of halogens is 2. The standard InChI is InChI=1S/C12H15BF2O6/c14-9-1-8(2-10(15)3-9)13-20-11(4-16,5-17)12(6-18,7-19)21-13/h1-3,16-19H,4-7H2.